The van der Waals surface area contributed by atoms with Gasteiger partial charge in [-0.1, -0.05) is 6.07 Å². The van der Waals surface area contributed by atoms with Crippen LogP contribution in [-0.2, 0) is 11.3 Å². The molecule has 3 rings (SSSR count). The van der Waals surface area contributed by atoms with Crippen LogP contribution in [0.25, 0.3) is 11.0 Å². The number of halogens is 1. The first-order valence-corrected chi connectivity index (χ1v) is 6.24. The van der Waals surface area contributed by atoms with E-state index in [0.29, 0.717) is 17.6 Å². The smallest absolute Gasteiger partial charge is 0.326 e. The number of fused-ring (bicyclic) bond motifs is 1. The number of hydrogen-bond donors (Lipinski definition) is 1. The van der Waals surface area contributed by atoms with Crippen molar-refractivity contribution >= 4 is 11.0 Å². The predicted molar refractivity (Wildman–Crippen MR) is 66.1 cm³/mol. The topological polar surface area (TPSA) is 47.0 Å². The van der Waals surface area contributed by atoms with Crippen LogP contribution in [0.15, 0.2) is 23.0 Å². The Morgan fingerprint density at radius 2 is 2.33 bits per heavy atom. The molecule has 0 spiro atoms. The fraction of sp³-hybridized carbons (Fsp3) is 0.462. The van der Waals surface area contributed by atoms with E-state index in [1.165, 1.54) is 10.6 Å². The van der Waals surface area contributed by atoms with E-state index in [9.17, 15) is 9.18 Å². The van der Waals surface area contributed by atoms with Crippen molar-refractivity contribution in [1.29, 1.82) is 0 Å². The molecule has 1 aromatic carbocycles. The summed E-state index contributed by atoms with van der Waals surface area (Å²) in [4.78, 5) is 14.5. The van der Waals surface area contributed by atoms with Gasteiger partial charge in [0.1, 0.15) is 11.3 Å². The van der Waals surface area contributed by atoms with E-state index in [1.54, 1.807) is 12.1 Å². The van der Waals surface area contributed by atoms with Gasteiger partial charge in [-0.3, -0.25) is 4.57 Å². The van der Waals surface area contributed by atoms with Crippen LogP contribution in [0.5, 0.6) is 0 Å². The zero-order chi connectivity index (χ0) is 12.5. The lowest BCUT2D eigenvalue weighted by atomic mass is 10.1. The zero-order valence-corrected chi connectivity index (χ0v) is 9.99. The second-order valence-corrected chi connectivity index (χ2v) is 4.67. The second-order valence-electron chi connectivity index (χ2n) is 4.67. The molecule has 0 radical (unpaired) electrons. The number of benzene rings is 1. The first-order valence-electron chi connectivity index (χ1n) is 6.24. The molecule has 1 saturated heterocycles. The third-order valence-corrected chi connectivity index (χ3v) is 3.40. The Bertz CT molecular complexity index is 611. The Balaban J connectivity index is 2.00. The van der Waals surface area contributed by atoms with Gasteiger partial charge < -0.3 is 9.72 Å². The van der Waals surface area contributed by atoms with Gasteiger partial charge in [-0.05, 0) is 31.4 Å². The van der Waals surface area contributed by atoms with Gasteiger partial charge in [0.05, 0.1) is 18.2 Å². The average Bonchev–Trinajstić information content (AvgIpc) is 2.69. The summed E-state index contributed by atoms with van der Waals surface area (Å²) in [5, 5.41) is 0. The number of imidazole rings is 1. The third kappa shape index (κ3) is 1.95. The first kappa shape index (κ1) is 11.5. The van der Waals surface area contributed by atoms with Gasteiger partial charge >= 0.3 is 5.69 Å². The molecule has 0 saturated carbocycles. The van der Waals surface area contributed by atoms with E-state index < -0.39 is 0 Å². The van der Waals surface area contributed by atoms with Crippen molar-refractivity contribution in [3.05, 3.63) is 34.5 Å². The summed E-state index contributed by atoms with van der Waals surface area (Å²) in [6.07, 6.45) is 3.10. The van der Waals surface area contributed by atoms with Crippen LogP contribution in [-0.4, -0.2) is 22.3 Å². The minimum atomic E-state index is -0.373. The van der Waals surface area contributed by atoms with Crippen molar-refractivity contribution in [2.24, 2.45) is 0 Å². The molecule has 1 N–H and O–H groups in total. The molecule has 2 heterocycles. The monoisotopic (exact) mass is 250 g/mol. The van der Waals surface area contributed by atoms with Crippen molar-refractivity contribution in [3.63, 3.8) is 0 Å². The molecule has 1 unspecified atom stereocenters. The summed E-state index contributed by atoms with van der Waals surface area (Å²) < 4.78 is 20.8. The fourth-order valence-electron chi connectivity index (χ4n) is 2.50. The fourth-order valence-corrected chi connectivity index (χ4v) is 2.50. The van der Waals surface area contributed by atoms with Crippen LogP contribution >= 0.6 is 0 Å². The predicted octanol–water partition coefficient (Wildman–Crippen LogP) is 2.04. The number of para-hydroxylation sites is 1. The van der Waals surface area contributed by atoms with Gasteiger partial charge in [0.15, 0.2) is 0 Å². The normalized spacial score (nSPS) is 20.4. The number of hydrogen-bond acceptors (Lipinski definition) is 2. The first-order chi connectivity index (χ1) is 8.75. The molecular formula is C13H15FN2O2. The molecule has 1 aliphatic heterocycles. The Kier molecular flexibility index (Phi) is 2.91. The van der Waals surface area contributed by atoms with Gasteiger partial charge in [0.2, 0.25) is 0 Å². The maximum atomic E-state index is 13.8. The number of aromatic nitrogens is 2. The van der Waals surface area contributed by atoms with Crippen LogP contribution < -0.4 is 5.69 Å². The maximum absolute atomic E-state index is 13.8. The van der Waals surface area contributed by atoms with Crippen LogP contribution in [0.4, 0.5) is 4.39 Å². The number of ether oxygens (including phenoxy) is 1. The molecule has 0 aliphatic carbocycles. The number of rotatable bonds is 2. The molecule has 0 amide bonds. The third-order valence-electron chi connectivity index (χ3n) is 3.40. The average molecular weight is 250 g/mol. The van der Waals surface area contributed by atoms with E-state index in [1.807, 2.05) is 0 Å². The lowest BCUT2D eigenvalue weighted by Gasteiger charge is -2.22. The van der Waals surface area contributed by atoms with E-state index in [0.717, 1.165) is 25.9 Å². The number of aromatic amines is 1. The molecule has 5 heteroatoms. The highest BCUT2D eigenvalue weighted by molar-refractivity contribution is 5.75. The van der Waals surface area contributed by atoms with Crippen molar-refractivity contribution in [1.82, 2.24) is 9.55 Å². The van der Waals surface area contributed by atoms with E-state index >= 15 is 0 Å². The van der Waals surface area contributed by atoms with Crippen LogP contribution in [0.1, 0.15) is 19.3 Å². The van der Waals surface area contributed by atoms with E-state index in [4.69, 9.17) is 4.74 Å². The lowest BCUT2D eigenvalue weighted by Crippen LogP contribution is -2.29. The summed E-state index contributed by atoms with van der Waals surface area (Å²) in [5.74, 6) is -0.373. The summed E-state index contributed by atoms with van der Waals surface area (Å²) in [6.45, 7) is 1.14. The molecular weight excluding hydrogens is 235 g/mol. The minimum absolute atomic E-state index is 0.00931. The van der Waals surface area contributed by atoms with Crippen LogP contribution in [0, 0.1) is 5.82 Å². The molecule has 1 aliphatic rings. The van der Waals surface area contributed by atoms with Crippen molar-refractivity contribution in [3.8, 4) is 0 Å². The Labute approximate surface area is 103 Å². The maximum Gasteiger partial charge on any atom is 0.326 e. The molecule has 1 aromatic heterocycles. The lowest BCUT2D eigenvalue weighted by molar-refractivity contribution is 0.00607. The molecule has 4 nitrogen and oxygen atoms in total. The number of nitrogens with one attached hydrogen (secondary N) is 1. The van der Waals surface area contributed by atoms with Gasteiger partial charge in [-0.25, -0.2) is 9.18 Å². The highest BCUT2D eigenvalue weighted by Gasteiger charge is 2.18. The summed E-state index contributed by atoms with van der Waals surface area (Å²) in [7, 11) is 0. The highest BCUT2D eigenvalue weighted by atomic mass is 19.1. The van der Waals surface area contributed by atoms with Crippen LogP contribution in [0.3, 0.4) is 0 Å². The van der Waals surface area contributed by atoms with E-state index in [-0.39, 0.29) is 17.6 Å². The van der Waals surface area contributed by atoms with Gasteiger partial charge in [-0.2, -0.15) is 0 Å². The molecule has 2 aromatic rings. The minimum Gasteiger partial charge on any atom is -0.376 e. The summed E-state index contributed by atoms with van der Waals surface area (Å²) in [5.41, 5.74) is 0.608. The molecule has 18 heavy (non-hydrogen) atoms. The Morgan fingerprint density at radius 3 is 3.11 bits per heavy atom. The van der Waals surface area contributed by atoms with Crippen molar-refractivity contribution in [2.45, 2.75) is 31.9 Å². The van der Waals surface area contributed by atoms with Gasteiger partial charge in [0, 0.05) is 6.61 Å². The Morgan fingerprint density at radius 1 is 1.44 bits per heavy atom. The molecule has 96 valence electrons. The zero-order valence-electron chi connectivity index (χ0n) is 9.99. The second kappa shape index (κ2) is 4.57. The summed E-state index contributed by atoms with van der Waals surface area (Å²) in [6, 6.07) is 4.67. The number of H-pyrrole nitrogens is 1. The highest BCUT2D eigenvalue weighted by Crippen LogP contribution is 2.18. The van der Waals surface area contributed by atoms with Crippen molar-refractivity contribution in [2.75, 3.05) is 6.61 Å². The molecule has 0 bridgehead atoms. The molecule has 1 atom stereocenters. The van der Waals surface area contributed by atoms with E-state index in [2.05, 4.69) is 4.98 Å². The van der Waals surface area contributed by atoms with Crippen LogP contribution in [0.2, 0.25) is 0 Å². The van der Waals surface area contributed by atoms with Gasteiger partial charge in [0.25, 0.3) is 0 Å². The number of nitrogens with zero attached hydrogens (tertiary/aromatic N) is 1. The standard InChI is InChI=1S/C13H15FN2O2/c14-10-5-3-6-11-12(10)16(13(17)15-11)8-9-4-1-2-7-18-9/h3,5-6,9H,1-2,4,7-8H2,(H,15,17). The largest absolute Gasteiger partial charge is 0.376 e. The SMILES string of the molecule is O=c1[nH]c2cccc(F)c2n1CC1CCCCO1. The quantitative estimate of drug-likeness (QED) is 0.886. The Hall–Kier alpha value is -1.62. The van der Waals surface area contributed by atoms with Gasteiger partial charge in [-0.15, -0.1) is 0 Å². The molecule has 1 fully saturated rings. The van der Waals surface area contributed by atoms with Crippen molar-refractivity contribution < 1.29 is 9.13 Å². The summed E-state index contributed by atoms with van der Waals surface area (Å²) >= 11 is 0.